The molecule has 2 atom stereocenters. The molecule has 3 aromatic rings. The van der Waals surface area contributed by atoms with Crippen molar-refractivity contribution < 1.29 is 22.7 Å². The molecule has 7 nitrogen and oxygen atoms in total. The summed E-state index contributed by atoms with van der Waals surface area (Å²) in [5.74, 6) is 0.526. The van der Waals surface area contributed by atoms with Crippen LogP contribution in [0.4, 0.5) is 5.69 Å². The van der Waals surface area contributed by atoms with Crippen LogP contribution in [0.5, 0.6) is 11.5 Å². The molecule has 0 fully saturated rings. The SMILES string of the molecule is CCc1ccc([C@@H](C)NC(=O)[C@H]2CN(S(=O)(=O)c3ccc(OC)cc3)c3cc(C(C)(C)C)ccc3O2)cc1. The van der Waals surface area contributed by atoms with E-state index in [1.165, 1.54) is 29.1 Å². The number of amides is 1. The van der Waals surface area contributed by atoms with Crippen LogP contribution in [0.15, 0.2) is 71.6 Å². The topological polar surface area (TPSA) is 84.9 Å². The van der Waals surface area contributed by atoms with Crippen LogP contribution in [0.25, 0.3) is 0 Å². The summed E-state index contributed by atoms with van der Waals surface area (Å²) in [7, 11) is -2.47. The van der Waals surface area contributed by atoms with Crippen LogP contribution in [0.3, 0.4) is 0 Å². The van der Waals surface area contributed by atoms with Crippen LogP contribution in [0.1, 0.15) is 57.4 Å². The van der Waals surface area contributed by atoms with Crippen LogP contribution in [-0.2, 0) is 26.7 Å². The van der Waals surface area contributed by atoms with Crippen LogP contribution < -0.4 is 19.1 Å². The van der Waals surface area contributed by atoms with Gasteiger partial charge < -0.3 is 14.8 Å². The molecule has 8 heteroatoms. The van der Waals surface area contributed by atoms with E-state index in [4.69, 9.17) is 9.47 Å². The number of nitrogens with one attached hydrogen (secondary N) is 1. The molecule has 0 unspecified atom stereocenters. The Hall–Kier alpha value is -3.52. The molecule has 0 aromatic heterocycles. The first kappa shape index (κ1) is 27.5. The Balaban J connectivity index is 1.67. The fraction of sp³-hybridized carbons (Fsp3) is 0.367. The summed E-state index contributed by atoms with van der Waals surface area (Å²) in [6.07, 6.45) is -0.0837. The molecular weight excluding hydrogens is 500 g/mol. The van der Waals surface area contributed by atoms with Crippen molar-refractivity contribution in [1.82, 2.24) is 5.32 Å². The number of nitrogens with zero attached hydrogens (tertiary/aromatic N) is 1. The Morgan fingerprint density at radius 2 is 1.74 bits per heavy atom. The fourth-order valence-electron chi connectivity index (χ4n) is 4.39. The minimum atomic E-state index is -4.00. The van der Waals surface area contributed by atoms with Crippen LogP contribution in [0.2, 0.25) is 0 Å². The monoisotopic (exact) mass is 536 g/mol. The predicted octanol–water partition coefficient (Wildman–Crippen LogP) is 5.39. The molecule has 202 valence electrons. The normalized spacial score (nSPS) is 16.3. The van der Waals surface area contributed by atoms with E-state index < -0.39 is 16.1 Å². The lowest BCUT2D eigenvalue weighted by Gasteiger charge is -2.36. The molecule has 4 rings (SSSR count). The third-order valence-electron chi connectivity index (χ3n) is 6.88. The largest absolute Gasteiger partial charge is 0.497 e. The summed E-state index contributed by atoms with van der Waals surface area (Å²) in [5, 5.41) is 2.99. The maximum absolute atomic E-state index is 13.9. The van der Waals surface area contributed by atoms with Gasteiger partial charge in [-0.05, 0) is 71.8 Å². The van der Waals surface area contributed by atoms with Gasteiger partial charge in [0.15, 0.2) is 6.10 Å². The summed E-state index contributed by atoms with van der Waals surface area (Å²) in [4.78, 5) is 13.5. The van der Waals surface area contributed by atoms with Crippen molar-refractivity contribution in [1.29, 1.82) is 0 Å². The van der Waals surface area contributed by atoms with Crippen LogP contribution in [0, 0.1) is 0 Å². The number of rotatable bonds is 7. The Morgan fingerprint density at radius 1 is 1.08 bits per heavy atom. The van der Waals surface area contributed by atoms with Gasteiger partial charge in [0.1, 0.15) is 11.5 Å². The quantitative estimate of drug-likeness (QED) is 0.438. The van der Waals surface area contributed by atoms with E-state index in [2.05, 4.69) is 33.0 Å². The highest BCUT2D eigenvalue weighted by Crippen LogP contribution is 2.40. The third-order valence-corrected chi connectivity index (χ3v) is 8.68. The molecule has 0 saturated carbocycles. The lowest BCUT2D eigenvalue weighted by atomic mass is 9.86. The summed E-state index contributed by atoms with van der Waals surface area (Å²) < 4.78 is 40.3. The van der Waals surface area contributed by atoms with Crippen molar-refractivity contribution in [3.63, 3.8) is 0 Å². The number of aryl methyl sites for hydroxylation is 1. The van der Waals surface area contributed by atoms with Gasteiger partial charge in [0.2, 0.25) is 0 Å². The van der Waals surface area contributed by atoms with Crippen molar-refractivity contribution in [2.75, 3.05) is 18.0 Å². The van der Waals surface area contributed by atoms with Crippen LogP contribution in [-0.4, -0.2) is 34.1 Å². The minimum absolute atomic E-state index is 0.107. The molecule has 1 aliphatic heterocycles. The molecule has 0 aliphatic carbocycles. The zero-order valence-electron chi connectivity index (χ0n) is 22.8. The minimum Gasteiger partial charge on any atom is -0.497 e. The molecule has 0 spiro atoms. The van der Waals surface area contributed by atoms with Gasteiger partial charge >= 0.3 is 0 Å². The smallest absolute Gasteiger partial charge is 0.264 e. The van der Waals surface area contributed by atoms with Crippen LogP contribution >= 0.6 is 0 Å². The number of fused-ring (bicyclic) bond motifs is 1. The second-order valence-electron chi connectivity index (χ2n) is 10.6. The first-order valence-corrected chi connectivity index (χ1v) is 14.2. The molecule has 1 N–H and O–H groups in total. The summed E-state index contributed by atoms with van der Waals surface area (Å²) >= 11 is 0. The Bertz CT molecular complexity index is 1390. The molecule has 0 bridgehead atoms. The van der Waals surface area contributed by atoms with E-state index in [1.54, 1.807) is 18.2 Å². The van der Waals surface area contributed by atoms with Gasteiger partial charge in [-0.1, -0.05) is 58.0 Å². The molecule has 1 amide bonds. The molecule has 0 radical (unpaired) electrons. The Morgan fingerprint density at radius 3 is 2.32 bits per heavy atom. The highest BCUT2D eigenvalue weighted by Gasteiger charge is 2.38. The van der Waals surface area contributed by atoms with Crippen molar-refractivity contribution in [3.8, 4) is 11.5 Å². The van der Waals surface area contributed by atoms with E-state index in [1.807, 2.05) is 43.3 Å². The third kappa shape index (κ3) is 5.65. The van der Waals surface area contributed by atoms with E-state index >= 15 is 0 Å². The Kier molecular flexibility index (Phi) is 7.74. The number of methoxy groups -OCH3 is 1. The summed E-state index contributed by atoms with van der Waals surface area (Å²) in [6, 6.07) is 19.5. The summed E-state index contributed by atoms with van der Waals surface area (Å²) in [6.45, 7) is 10.0. The molecule has 1 heterocycles. The highest BCUT2D eigenvalue weighted by atomic mass is 32.2. The van der Waals surface area contributed by atoms with E-state index in [-0.39, 0.29) is 28.8 Å². The molecule has 38 heavy (non-hydrogen) atoms. The lowest BCUT2D eigenvalue weighted by molar-refractivity contribution is -0.128. The van der Waals surface area contributed by atoms with Gasteiger partial charge in [-0.3, -0.25) is 9.10 Å². The van der Waals surface area contributed by atoms with Gasteiger partial charge in [-0.2, -0.15) is 0 Å². The zero-order chi connectivity index (χ0) is 27.7. The predicted molar refractivity (Wildman–Crippen MR) is 149 cm³/mol. The number of hydrogen-bond acceptors (Lipinski definition) is 5. The maximum Gasteiger partial charge on any atom is 0.264 e. The second kappa shape index (κ2) is 10.7. The van der Waals surface area contributed by atoms with Gasteiger partial charge in [-0.15, -0.1) is 0 Å². The van der Waals surface area contributed by atoms with E-state index in [0.717, 1.165) is 17.5 Å². The average molecular weight is 537 g/mol. The first-order valence-electron chi connectivity index (χ1n) is 12.8. The van der Waals surface area contributed by atoms with Crippen molar-refractivity contribution in [2.45, 2.75) is 63.5 Å². The number of sulfonamides is 1. The number of ether oxygens (including phenoxy) is 2. The standard InChI is InChI=1S/C30H36N2O5S/c1-7-21-8-10-22(11-9-21)20(2)31-29(33)28-19-32(38(34,35)25-15-13-24(36-6)14-16-25)26-18-23(30(3,4)5)12-17-27(26)37-28/h8-18,20,28H,7,19H2,1-6H3,(H,31,33)/t20-,28-/m1/s1. The number of carbonyl (C=O) groups is 1. The molecule has 3 aromatic carbocycles. The van der Waals surface area contributed by atoms with Gasteiger partial charge in [-0.25, -0.2) is 8.42 Å². The highest BCUT2D eigenvalue weighted by molar-refractivity contribution is 7.92. The second-order valence-corrected chi connectivity index (χ2v) is 12.4. The van der Waals surface area contributed by atoms with Gasteiger partial charge in [0, 0.05) is 0 Å². The number of benzene rings is 3. The van der Waals surface area contributed by atoms with Gasteiger partial charge in [0.25, 0.3) is 15.9 Å². The summed E-state index contributed by atoms with van der Waals surface area (Å²) in [5.41, 5.74) is 3.35. The number of anilines is 1. The van der Waals surface area contributed by atoms with Crippen molar-refractivity contribution in [3.05, 3.63) is 83.4 Å². The van der Waals surface area contributed by atoms with Gasteiger partial charge in [0.05, 0.1) is 30.3 Å². The van der Waals surface area contributed by atoms with E-state index in [0.29, 0.717) is 17.2 Å². The molecule has 0 saturated heterocycles. The maximum atomic E-state index is 13.9. The van der Waals surface area contributed by atoms with Crippen molar-refractivity contribution >= 4 is 21.6 Å². The van der Waals surface area contributed by atoms with Crippen molar-refractivity contribution in [2.24, 2.45) is 0 Å². The van der Waals surface area contributed by atoms with E-state index in [9.17, 15) is 13.2 Å². The zero-order valence-corrected chi connectivity index (χ0v) is 23.6. The lowest BCUT2D eigenvalue weighted by Crippen LogP contribution is -2.51. The fourth-order valence-corrected chi connectivity index (χ4v) is 5.86. The number of carbonyl (C=O) groups excluding carboxylic acids is 1. The first-order chi connectivity index (χ1) is 17.9. The number of hydrogen-bond donors (Lipinski definition) is 1. The Labute approximate surface area is 225 Å². The molecular formula is C30H36N2O5S. The molecule has 1 aliphatic rings. The average Bonchev–Trinajstić information content (AvgIpc) is 2.91.